The lowest BCUT2D eigenvalue weighted by molar-refractivity contribution is 0.722. The number of rotatable bonds is 6. The minimum Gasteiger partial charge on any atom is -0.330 e. The zero-order valence-corrected chi connectivity index (χ0v) is 10.7. The van der Waals surface area contributed by atoms with Gasteiger partial charge in [-0.3, -0.25) is 0 Å². The van der Waals surface area contributed by atoms with E-state index in [4.69, 9.17) is 5.73 Å². The third-order valence-corrected chi connectivity index (χ3v) is 2.55. The number of hydrogen-bond acceptors (Lipinski definition) is 3. The molecule has 16 heavy (non-hydrogen) atoms. The Balaban J connectivity index is 2.89. The van der Waals surface area contributed by atoms with Crippen LogP contribution in [0.2, 0.25) is 0 Å². The number of aromatic nitrogens is 2. The molecular weight excluding hydrogens is 198 g/mol. The van der Waals surface area contributed by atoms with Crippen LogP contribution in [-0.2, 0) is 12.8 Å². The first-order chi connectivity index (χ1) is 7.67. The highest BCUT2D eigenvalue weighted by molar-refractivity contribution is 5.14. The Morgan fingerprint density at radius 2 is 2.00 bits per heavy atom. The van der Waals surface area contributed by atoms with Gasteiger partial charge in [0.15, 0.2) is 0 Å². The Kier molecular flexibility index (Phi) is 5.39. The van der Waals surface area contributed by atoms with E-state index in [0.29, 0.717) is 12.5 Å². The van der Waals surface area contributed by atoms with Gasteiger partial charge in [0, 0.05) is 17.8 Å². The fourth-order valence-electron chi connectivity index (χ4n) is 1.63. The Morgan fingerprint density at radius 3 is 2.56 bits per heavy atom. The highest BCUT2D eigenvalue weighted by atomic mass is 14.9. The molecule has 1 aromatic rings. The molecule has 0 aliphatic rings. The summed E-state index contributed by atoms with van der Waals surface area (Å²) in [7, 11) is 0. The highest BCUT2D eigenvalue weighted by Gasteiger charge is 2.07. The molecule has 0 amide bonds. The number of nitrogens with zero attached hydrogens (tertiary/aromatic N) is 2. The van der Waals surface area contributed by atoms with E-state index in [1.54, 1.807) is 0 Å². The van der Waals surface area contributed by atoms with Crippen LogP contribution in [0, 0.1) is 0 Å². The summed E-state index contributed by atoms with van der Waals surface area (Å²) in [6.07, 6.45) is 4.03. The fourth-order valence-corrected chi connectivity index (χ4v) is 1.63. The van der Waals surface area contributed by atoms with Crippen LogP contribution in [0.15, 0.2) is 6.07 Å². The minimum absolute atomic E-state index is 0.468. The van der Waals surface area contributed by atoms with E-state index in [-0.39, 0.29) is 0 Å². The van der Waals surface area contributed by atoms with Crippen molar-refractivity contribution >= 4 is 0 Å². The molecule has 0 radical (unpaired) electrons. The molecule has 2 N–H and O–H groups in total. The average molecular weight is 221 g/mol. The fraction of sp³-hybridized carbons (Fsp3) is 0.692. The first-order valence-corrected chi connectivity index (χ1v) is 6.24. The Hall–Kier alpha value is -0.960. The van der Waals surface area contributed by atoms with E-state index in [9.17, 15) is 0 Å². The number of nitrogens with two attached hydrogens (primary N) is 1. The molecule has 1 aromatic heterocycles. The summed E-state index contributed by atoms with van der Waals surface area (Å²) in [6.45, 7) is 7.23. The SMILES string of the molecule is CCCc1cc(C(C)C)nc(CCCN)n1. The number of hydrogen-bond donors (Lipinski definition) is 1. The van der Waals surface area contributed by atoms with Gasteiger partial charge >= 0.3 is 0 Å². The molecule has 0 fully saturated rings. The van der Waals surface area contributed by atoms with Gasteiger partial charge in [-0.1, -0.05) is 27.2 Å². The lowest BCUT2D eigenvalue weighted by Gasteiger charge is -2.09. The maximum absolute atomic E-state index is 5.52. The van der Waals surface area contributed by atoms with E-state index >= 15 is 0 Å². The molecule has 3 nitrogen and oxygen atoms in total. The van der Waals surface area contributed by atoms with E-state index in [2.05, 4.69) is 36.8 Å². The van der Waals surface area contributed by atoms with Gasteiger partial charge in [-0.2, -0.15) is 0 Å². The van der Waals surface area contributed by atoms with Crippen molar-refractivity contribution in [1.29, 1.82) is 0 Å². The van der Waals surface area contributed by atoms with Gasteiger partial charge in [0.25, 0.3) is 0 Å². The normalized spacial score (nSPS) is 11.1. The van der Waals surface area contributed by atoms with Gasteiger partial charge in [0.05, 0.1) is 0 Å². The monoisotopic (exact) mass is 221 g/mol. The zero-order chi connectivity index (χ0) is 12.0. The smallest absolute Gasteiger partial charge is 0.128 e. The molecule has 0 bridgehead atoms. The largest absolute Gasteiger partial charge is 0.330 e. The van der Waals surface area contributed by atoms with Crippen LogP contribution < -0.4 is 5.73 Å². The summed E-state index contributed by atoms with van der Waals surface area (Å²) in [5.41, 5.74) is 7.85. The predicted octanol–water partition coefficient (Wildman–Crippen LogP) is 2.44. The van der Waals surface area contributed by atoms with Gasteiger partial charge in [0.1, 0.15) is 5.82 Å². The maximum Gasteiger partial charge on any atom is 0.128 e. The molecule has 0 aliphatic heterocycles. The molecular formula is C13H23N3. The van der Waals surface area contributed by atoms with Crippen LogP contribution in [0.1, 0.15) is 56.7 Å². The van der Waals surface area contributed by atoms with Crippen molar-refractivity contribution in [3.8, 4) is 0 Å². The summed E-state index contributed by atoms with van der Waals surface area (Å²) >= 11 is 0. The molecule has 1 heterocycles. The molecule has 0 saturated carbocycles. The quantitative estimate of drug-likeness (QED) is 0.802. The number of aryl methyl sites for hydroxylation is 2. The second-order valence-corrected chi connectivity index (χ2v) is 4.50. The molecule has 3 heteroatoms. The van der Waals surface area contributed by atoms with Crippen molar-refractivity contribution in [1.82, 2.24) is 9.97 Å². The molecule has 90 valence electrons. The summed E-state index contributed by atoms with van der Waals surface area (Å²) in [5.74, 6) is 1.43. The Morgan fingerprint density at radius 1 is 1.25 bits per heavy atom. The third kappa shape index (κ3) is 3.89. The van der Waals surface area contributed by atoms with Gasteiger partial charge in [0.2, 0.25) is 0 Å². The standard InChI is InChI=1S/C13H23N3/c1-4-6-11-9-12(10(2)3)16-13(15-11)7-5-8-14/h9-10H,4-8,14H2,1-3H3. The van der Waals surface area contributed by atoms with Crippen LogP contribution >= 0.6 is 0 Å². The molecule has 0 atom stereocenters. The molecule has 0 aliphatic carbocycles. The van der Waals surface area contributed by atoms with E-state index in [0.717, 1.165) is 37.2 Å². The van der Waals surface area contributed by atoms with Gasteiger partial charge in [-0.15, -0.1) is 0 Å². The summed E-state index contributed by atoms with van der Waals surface area (Å²) in [6, 6.07) is 2.14. The van der Waals surface area contributed by atoms with Crippen LogP contribution in [-0.4, -0.2) is 16.5 Å². The summed E-state index contributed by atoms with van der Waals surface area (Å²) < 4.78 is 0. The third-order valence-electron chi connectivity index (χ3n) is 2.55. The lowest BCUT2D eigenvalue weighted by atomic mass is 10.1. The van der Waals surface area contributed by atoms with Crippen LogP contribution in [0.3, 0.4) is 0 Å². The average Bonchev–Trinajstić information content (AvgIpc) is 2.26. The van der Waals surface area contributed by atoms with Crippen molar-refractivity contribution in [2.45, 2.75) is 52.4 Å². The van der Waals surface area contributed by atoms with Crippen LogP contribution in [0.4, 0.5) is 0 Å². The summed E-state index contributed by atoms with van der Waals surface area (Å²) in [5, 5.41) is 0. The van der Waals surface area contributed by atoms with Crippen molar-refractivity contribution in [2.24, 2.45) is 5.73 Å². The van der Waals surface area contributed by atoms with Gasteiger partial charge in [-0.25, -0.2) is 9.97 Å². The minimum atomic E-state index is 0.468. The van der Waals surface area contributed by atoms with Gasteiger partial charge < -0.3 is 5.73 Å². The first-order valence-electron chi connectivity index (χ1n) is 6.24. The first kappa shape index (κ1) is 13.1. The van der Waals surface area contributed by atoms with Crippen molar-refractivity contribution in [3.05, 3.63) is 23.3 Å². The van der Waals surface area contributed by atoms with Gasteiger partial charge in [-0.05, 0) is 31.4 Å². The second-order valence-electron chi connectivity index (χ2n) is 4.50. The zero-order valence-electron chi connectivity index (χ0n) is 10.7. The second kappa shape index (κ2) is 6.59. The van der Waals surface area contributed by atoms with Crippen molar-refractivity contribution < 1.29 is 0 Å². The maximum atomic E-state index is 5.52. The lowest BCUT2D eigenvalue weighted by Crippen LogP contribution is -2.07. The van der Waals surface area contributed by atoms with Crippen LogP contribution in [0.5, 0.6) is 0 Å². The van der Waals surface area contributed by atoms with E-state index in [1.807, 2.05) is 0 Å². The highest BCUT2D eigenvalue weighted by Crippen LogP contribution is 2.14. The molecule has 1 rings (SSSR count). The summed E-state index contributed by atoms with van der Waals surface area (Å²) in [4.78, 5) is 9.16. The van der Waals surface area contributed by atoms with E-state index in [1.165, 1.54) is 5.69 Å². The Labute approximate surface area is 98.5 Å². The van der Waals surface area contributed by atoms with Crippen molar-refractivity contribution in [3.63, 3.8) is 0 Å². The van der Waals surface area contributed by atoms with Crippen LogP contribution in [0.25, 0.3) is 0 Å². The molecule has 0 aromatic carbocycles. The Bertz CT molecular complexity index is 321. The molecule has 0 saturated heterocycles. The molecule has 0 unspecified atom stereocenters. The molecule has 0 spiro atoms. The predicted molar refractivity (Wildman–Crippen MR) is 67.5 cm³/mol. The topological polar surface area (TPSA) is 51.8 Å². The van der Waals surface area contributed by atoms with E-state index < -0.39 is 0 Å². The van der Waals surface area contributed by atoms with Crippen molar-refractivity contribution in [2.75, 3.05) is 6.54 Å².